The second-order valence-electron chi connectivity index (χ2n) is 4.76. The Kier molecular flexibility index (Phi) is 20.6. The van der Waals surface area contributed by atoms with E-state index >= 15 is 0 Å². The zero-order chi connectivity index (χ0) is 14.1. The number of unbranched alkanes of at least 4 members (excludes halogenated alkanes) is 8. The maximum absolute atomic E-state index is 10.1. The van der Waals surface area contributed by atoms with Gasteiger partial charge in [-0.15, -0.1) is 0 Å². The fraction of sp³-hybridized carbons (Fsp3) is 0.933. The lowest BCUT2D eigenvalue weighted by Crippen LogP contribution is -1.97. The van der Waals surface area contributed by atoms with Crippen molar-refractivity contribution >= 4 is 5.97 Å². The molecule has 0 aromatic heterocycles. The smallest absolute Gasteiger partial charge is 0.303 e. The van der Waals surface area contributed by atoms with Gasteiger partial charge in [0.15, 0.2) is 0 Å². The first kappa shape index (κ1) is 19.8. The lowest BCUT2D eigenvalue weighted by atomic mass is 10.1. The molecule has 3 heteroatoms. The van der Waals surface area contributed by atoms with Gasteiger partial charge in [-0.05, 0) is 19.4 Å². The van der Waals surface area contributed by atoms with Crippen LogP contribution in [0.3, 0.4) is 0 Å². The molecule has 0 atom stereocenters. The van der Waals surface area contributed by atoms with Gasteiger partial charge in [-0.25, -0.2) is 0 Å². The van der Waals surface area contributed by atoms with Crippen LogP contribution in [0.15, 0.2) is 0 Å². The largest absolute Gasteiger partial charge is 0.481 e. The van der Waals surface area contributed by atoms with Crippen LogP contribution in [0, 0.1) is 0 Å². The minimum atomic E-state index is -0.666. The van der Waals surface area contributed by atoms with Gasteiger partial charge >= 0.3 is 5.97 Å². The zero-order valence-corrected chi connectivity index (χ0v) is 12.4. The Balaban J connectivity index is 0. The molecule has 0 aromatic carbocycles. The Morgan fingerprint density at radius 1 is 0.833 bits per heavy atom. The number of rotatable bonds is 11. The molecule has 0 bridgehead atoms. The Hall–Kier alpha value is -0.570. The summed E-state index contributed by atoms with van der Waals surface area (Å²) in [6.07, 6.45) is 12.4. The first-order valence-corrected chi connectivity index (χ1v) is 7.60. The van der Waals surface area contributed by atoms with E-state index in [0.29, 0.717) is 6.42 Å². The third-order valence-electron chi connectivity index (χ3n) is 2.80. The third-order valence-corrected chi connectivity index (χ3v) is 2.80. The lowest BCUT2D eigenvalue weighted by Gasteiger charge is -1.97. The van der Waals surface area contributed by atoms with Gasteiger partial charge < -0.3 is 10.8 Å². The summed E-state index contributed by atoms with van der Waals surface area (Å²) in [5.74, 6) is -0.666. The second-order valence-corrected chi connectivity index (χ2v) is 4.76. The van der Waals surface area contributed by atoms with Gasteiger partial charge in [-0.3, -0.25) is 4.79 Å². The number of hydrogen-bond donors (Lipinski definition) is 2. The molecular weight excluding hydrogens is 226 g/mol. The second kappa shape index (κ2) is 18.8. The quantitative estimate of drug-likeness (QED) is 0.542. The highest BCUT2D eigenvalue weighted by atomic mass is 16.4. The molecule has 0 fully saturated rings. The van der Waals surface area contributed by atoms with Gasteiger partial charge in [-0.1, -0.05) is 65.2 Å². The average molecular weight is 259 g/mol. The molecule has 110 valence electrons. The highest BCUT2D eigenvalue weighted by Gasteiger charge is 1.95. The van der Waals surface area contributed by atoms with Crippen molar-refractivity contribution in [2.24, 2.45) is 5.73 Å². The van der Waals surface area contributed by atoms with Gasteiger partial charge in [0, 0.05) is 6.42 Å². The molecule has 3 N–H and O–H groups in total. The zero-order valence-electron chi connectivity index (χ0n) is 12.4. The molecule has 0 aromatic rings. The summed E-state index contributed by atoms with van der Waals surface area (Å²) in [7, 11) is 0. The number of nitrogens with two attached hydrogens (primary N) is 1. The van der Waals surface area contributed by atoms with Crippen LogP contribution >= 0.6 is 0 Å². The van der Waals surface area contributed by atoms with Gasteiger partial charge in [0.25, 0.3) is 0 Å². The molecule has 0 radical (unpaired) electrons. The summed E-state index contributed by atoms with van der Waals surface area (Å²) in [5, 5.41) is 8.32. The molecule has 0 saturated carbocycles. The van der Waals surface area contributed by atoms with Crippen molar-refractivity contribution in [3.05, 3.63) is 0 Å². The van der Waals surface area contributed by atoms with Crippen LogP contribution in [0.1, 0.15) is 84.5 Å². The normalized spacial score (nSPS) is 9.72. The van der Waals surface area contributed by atoms with Crippen molar-refractivity contribution in [1.82, 2.24) is 0 Å². The molecule has 0 saturated heterocycles. The van der Waals surface area contributed by atoms with Crippen LogP contribution < -0.4 is 5.73 Å². The Labute approximate surface area is 113 Å². The fourth-order valence-electron chi connectivity index (χ4n) is 1.63. The first-order valence-electron chi connectivity index (χ1n) is 7.60. The van der Waals surface area contributed by atoms with E-state index in [-0.39, 0.29) is 0 Å². The average Bonchev–Trinajstić information content (AvgIpc) is 2.35. The van der Waals surface area contributed by atoms with E-state index < -0.39 is 5.97 Å². The molecule has 0 unspecified atom stereocenters. The van der Waals surface area contributed by atoms with E-state index in [9.17, 15) is 4.79 Å². The molecule has 0 aliphatic heterocycles. The molecule has 0 aliphatic carbocycles. The predicted octanol–water partition coefficient (Wildman–Crippen LogP) is 4.35. The Morgan fingerprint density at radius 2 is 1.28 bits per heavy atom. The van der Waals surface area contributed by atoms with Gasteiger partial charge in [0.05, 0.1) is 0 Å². The minimum absolute atomic E-state index is 0.339. The van der Waals surface area contributed by atoms with Crippen molar-refractivity contribution in [3.8, 4) is 0 Å². The van der Waals surface area contributed by atoms with Crippen LogP contribution in [-0.4, -0.2) is 17.6 Å². The van der Waals surface area contributed by atoms with Crippen LogP contribution in [-0.2, 0) is 4.79 Å². The van der Waals surface area contributed by atoms with E-state index in [1.54, 1.807) is 0 Å². The van der Waals surface area contributed by atoms with Crippen molar-refractivity contribution in [1.29, 1.82) is 0 Å². The maximum Gasteiger partial charge on any atom is 0.303 e. The maximum atomic E-state index is 10.1. The number of aliphatic carboxylic acids is 1. The van der Waals surface area contributed by atoms with Crippen molar-refractivity contribution in [3.63, 3.8) is 0 Å². The minimum Gasteiger partial charge on any atom is -0.481 e. The molecule has 0 heterocycles. The van der Waals surface area contributed by atoms with Crippen LogP contribution in [0.5, 0.6) is 0 Å². The topological polar surface area (TPSA) is 63.3 Å². The van der Waals surface area contributed by atoms with E-state index in [1.807, 2.05) is 0 Å². The van der Waals surface area contributed by atoms with Gasteiger partial charge in [0.2, 0.25) is 0 Å². The molecule has 0 rings (SSSR count). The van der Waals surface area contributed by atoms with Crippen molar-refractivity contribution < 1.29 is 9.90 Å². The number of carbonyl (C=O) groups is 1. The molecule has 18 heavy (non-hydrogen) atoms. The summed E-state index contributed by atoms with van der Waals surface area (Å²) in [4.78, 5) is 10.1. The molecule has 0 amide bonds. The SMILES string of the molecule is CCCCCCCCC(=O)O.CCCCCCN. The van der Waals surface area contributed by atoms with E-state index in [1.165, 1.54) is 51.4 Å². The summed E-state index contributed by atoms with van der Waals surface area (Å²) < 4.78 is 0. The fourth-order valence-corrected chi connectivity index (χ4v) is 1.63. The van der Waals surface area contributed by atoms with Crippen molar-refractivity contribution in [2.75, 3.05) is 6.54 Å². The first-order chi connectivity index (χ1) is 8.68. The molecule has 3 nitrogen and oxygen atoms in total. The number of carboxylic acid groups (broad SMARTS) is 1. The van der Waals surface area contributed by atoms with Crippen LogP contribution in [0.4, 0.5) is 0 Å². The molecular formula is C15H33NO2. The van der Waals surface area contributed by atoms with Gasteiger partial charge in [0.1, 0.15) is 0 Å². The third kappa shape index (κ3) is 24.6. The number of hydrogen-bond acceptors (Lipinski definition) is 2. The van der Waals surface area contributed by atoms with E-state index in [4.69, 9.17) is 10.8 Å². The van der Waals surface area contributed by atoms with Crippen LogP contribution in [0.2, 0.25) is 0 Å². The standard InChI is InChI=1S/C9H18O2.C6H15N/c1-2-3-4-5-6-7-8-9(10)11;1-2-3-4-5-6-7/h2-8H2,1H3,(H,10,11);2-7H2,1H3. The van der Waals surface area contributed by atoms with E-state index in [2.05, 4.69) is 13.8 Å². The number of carboxylic acids is 1. The Morgan fingerprint density at radius 3 is 1.72 bits per heavy atom. The predicted molar refractivity (Wildman–Crippen MR) is 78.8 cm³/mol. The summed E-state index contributed by atoms with van der Waals surface area (Å²) in [6.45, 7) is 5.24. The van der Waals surface area contributed by atoms with Crippen molar-refractivity contribution in [2.45, 2.75) is 84.5 Å². The van der Waals surface area contributed by atoms with Gasteiger partial charge in [-0.2, -0.15) is 0 Å². The Bertz CT molecular complexity index is 157. The lowest BCUT2D eigenvalue weighted by molar-refractivity contribution is -0.137. The van der Waals surface area contributed by atoms with Crippen LogP contribution in [0.25, 0.3) is 0 Å². The molecule has 0 aliphatic rings. The van der Waals surface area contributed by atoms with E-state index in [0.717, 1.165) is 19.4 Å². The summed E-state index contributed by atoms with van der Waals surface area (Å²) in [5.41, 5.74) is 5.27. The monoisotopic (exact) mass is 259 g/mol. The molecule has 0 spiro atoms. The summed E-state index contributed by atoms with van der Waals surface area (Å²) in [6, 6.07) is 0. The highest BCUT2D eigenvalue weighted by Crippen LogP contribution is 2.06. The highest BCUT2D eigenvalue weighted by molar-refractivity contribution is 5.66. The summed E-state index contributed by atoms with van der Waals surface area (Å²) >= 11 is 0.